The second-order valence-electron chi connectivity index (χ2n) is 16.3. The standard InChI is InChI=1S/C42H55N7O5S.ClH/c1-25(2)17-18-29-14-11-13-27(5)36(29)37-28(6)39(47-41(46-37)48-55(52,53)33-16-12-15-30(19-33)40(50)51)54-24-31(21-42(7,8)9)43-22-32-23-44-34-20-35(26(3)4)49(10)38(34)45-32;/h11-16,19-20,23,25-26,31,43H,17-18,21-22,24H2,1-10H3,(H,50,51)(H,46,47,48);1H/t31-;/m1./s1. The summed E-state index contributed by atoms with van der Waals surface area (Å²) in [6.07, 6.45) is 4.34. The molecule has 0 amide bonds. The maximum absolute atomic E-state index is 13.7. The van der Waals surface area contributed by atoms with E-state index in [-0.39, 0.29) is 52.8 Å². The maximum Gasteiger partial charge on any atom is 0.335 e. The number of nitrogens with one attached hydrogen (secondary N) is 2. The molecule has 3 N–H and O–H groups in total. The second kappa shape index (κ2) is 18.1. The molecule has 0 unspecified atom stereocenters. The summed E-state index contributed by atoms with van der Waals surface area (Å²) in [5.74, 6) is -0.346. The van der Waals surface area contributed by atoms with Crippen LogP contribution in [-0.2, 0) is 30.0 Å². The molecule has 0 radical (unpaired) electrons. The average molecular weight is 806 g/mol. The predicted molar refractivity (Wildman–Crippen MR) is 224 cm³/mol. The van der Waals surface area contributed by atoms with Crippen LogP contribution in [-0.4, -0.2) is 56.6 Å². The van der Waals surface area contributed by atoms with Gasteiger partial charge in [-0.25, -0.2) is 27.9 Å². The van der Waals surface area contributed by atoms with E-state index in [0.29, 0.717) is 29.6 Å². The zero-order valence-electron chi connectivity index (χ0n) is 34.1. The van der Waals surface area contributed by atoms with Crippen LogP contribution in [0.25, 0.3) is 22.4 Å². The fraction of sp³-hybridized carbons (Fsp3) is 0.452. The fourth-order valence-electron chi connectivity index (χ4n) is 6.75. The van der Waals surface area contributed by atoms with Gasteiger partial charge in [-0.15, -0.1) is 12.4 Å². The number of carboxylic acids is 1. The molecule has 56 heavy (non-hydrogen) atoms. The SMILES string of the molecule is Cc1cccc(CCC(C)C)c1-c1nc(NS(=O)(=O)c2cccc(C(=O)O)c2)nc(OC[C@@H](CC(C)(C)C)NCc2cnc3cc(C(C)C)n(C)c3n2)c1C.Cl. The van der Waals surface area contributed by atoms with Crippen molar-refractivity contribution in [2.24, 2.45) is 18.4 Å². The Labute approximate surface area is 337 Å². The number of halogens is 1. The predicted octanol–water partition coefficient (Wildman–Crippen LogP) is 8.65. The smallest absolute Gasteiger partial charge is 0.335 e. The van der Waals surface area contributed by atoms with E-state index in [0.717, 1.165) is 58.9 Å². The highest BCUT2D eigenvalue weighted by Gasteiger charge is 2.25. The first kappa shape index (κ1) is 44.1. The number of nitrogens with zero attached hydrogens (tertiary/aromatic N) is 5. The van der Waals surface area contributed by atoms with Crippen molar-refractivity contribution in [3.05, 3.63) is 88.4 Å². The van der Waals surface area contributed by atoms with Crippen LogP contribution in [0.15, 0.2) is 59.6 Å². The molecule has 2 aromatic carbocycles. The number of hydrogen-bond acceptors (Lipinski definition) is 9. The van der Waals surface area contributed by atoms with Crippen molar-refractivity contribution in [3.63, 3.8) is 0 Å². The van der Waals surface area contributed by atoms with E-state index in [9.17, 15) is 18.3 Å². The van der Waals surface area contributed by atoms with E-state index < -0.39 is 16.0 Å². The maximum atomic E-state index is 13.7. The molecule has 3 heterocycles. The number of anilines is 1. The molecule has 3 aromatic heterocycles. The first-order chi connectivity index (χ1) is 25.8. The third-order valence-corrected chi connectivity index (χ3v) is 10.9. The summed E-state index contributed by atoms with van der Waals surface area (Å²) in [5.41, 5.74) is 7.69. The van der Waals surface area contributed by atoms with Gasteiger partial charge in [0.1, 0.15) is 12.1 Å². The number of rotatable bonds is 16. The molecule has 0 spiro atoms. The normalized spacial score (nSPS) is 12.6. The average Bonchev–Trinajstić information content (AvgIpc) is 3.44. The zero-order valence-corrected chi connectivity index (χ0v) is 35.7. The summed E-state index contributed by atoms with van der Waals surface area (Å²) < 4.78 is 38.5. The highest BCUT2D eigenvalue weighted by Crippen LogP contribution is 2.35. The van der Waals surface area contributed by atoms with Gasteiger partial charge < -0.3 is 19.7 Å². The van der Waals surface area contributed by atoms with Gasteiger partial charge in [0.2, 0.25) is 11.8 Å². The molecular weight excluding hydrogens is 750 g/mol. The minimum absolute atomic E-state index is 0. The van der Waals surface area contributed by atoms with Crippen LogP contribution in [0.4, 0.5) is 5.95 Å². The van der Waals surface area contributed by atoms with Crippen molar-refractivity contribution < 1.29 is 23.1 Å². The molecule has 0 saturated heterocycles. The first-order valence-corrected chi connectivity index (χ1v) is 20.3. The number of aromatic carboxylic acids is 1. The number of sulfonamides is 1. The number of carboxylic acid groups (broad SMARTS) is 1. The molecule has 0 saturated carbocycles. The number of fused-ring (bicyclic) bond motifs is 1. The molecule has 12 nitrogen and oxygen atoms in total. The number of aromatic nitrogens is 5. The third-order valence-electron chi connectivity index (χ3n) is 9.57. The molecule has 0 aliphatic carbocycles. The van der Waals surface area contributed by atoms with E-state index in [1.807, 2.05) is 33.0 Å². The summed E-state index contributed by atoms with van der Waals surface area (Å²) in [6.45, 7) is 19.8. The lowest BCUT2D eigenvalue weighted by Gasteiger charge is -2.27. The molecule has 0 aliphatic heterocycles. The lowest BCUT2D eigenvalue weighted by Crippen LogP contribution is -2.38. The molecule has 0 fully saturated rings. The Morgan fingerprint density at radius 2 is 1.71 bits per heavy atom. The Kier molecular flexibility index (Phi) is 14.3. The minimum Gasteiger partial charge on any atom is -0.478 e. The molecule has 14 heteroatoms. The fourth-order valence-corrected chi connectivity index (χ4v) is 7.74. The number of ether oxygens (including phenoxy) is 1. The lowest BCUT2D eigenvalue weighted by molar-refractivity contribution is 0.0696. The van der Waals surface area contributed by atoms with Crippen molar-refractivity contribution in [2.45, 2.75) is 105 Å². The van der Waals surface area contributed by atoms with Crippen molar-refractivity contribution in [3.8, 4) is 17.1 Å². The Hall–Kier alpha value is -4.59. The van der Waals surface area contributed by atoms with Crippen LogP contribution in [0.2, 0.25) is 0 Å². The Morgan fingerprint density at radius 1 is 1.00 bits per heavy atom. The molecule has 302 valence electrons. The molecule has 5 rings (SSSR count). The van der Waals surface area contributed by atoms with Crippen LogP contribution in [0, 0.1) is 25.2 Å². The molecule has 1 atom stereocenters. The van der Waals surface area contributed by atoms with Crippen molar-refractivity contribution in [2.75, 3.05) is 11.3 Å². The van der Waals surface area contributed by atoms with E-state index in [4.69, 9.17) is 19.7 Å². The van der Waals surface area contributed by atoms with Gasteiger partial charge in [0.25, 0.3) is 10.0 Å². The van der Waals surface area contributed by atoms with Crippen molar-refractivity contribution >= 4 is 45.5 Å². The molecular formula is C42H56ClN7O5S. The summed E-state index contributed by atoms with van der Waals surface area (Å²) in [5, 5.41) is 13.1. The summed E-state index contributed by atoms with van der Waals surface area (Å²) >= 11 is 0. The number of carbonyl (C=O) groups is 1. The van der Waals surface area contributed by atoms with Gasteiger partial charge in [-0.1, -0.05) is 72.7 Å². The van der Waals surface area contributed by atoms with Crippen LogP contribution >= 0.6 is 12.4 Å². The van der Waals surface area contributed by atoms with Gasteiger partial charge in [0, 0.05) is 36.5 Å². The monoisotopic (exact) mass is 805 g/mol. The lowest BCUT2D eigenvalue weighted by atomic mass is 9.88. The number of hydrogen-bond donors (Lipinski definition) is 3. The molecule has 0 bridgehead atoms. The van der Waals surface area contributed by atoms with Gasteiger partial charge in [0.05, 0.1) is 28.0 Å². The van der Waals surface area contributed by atoms with Gasteiger partial charge in [0.15, 0.2) is 5.65 Å². The van der Waals surface area contributed by atoms with Gasteiger partial charge in [-0.2, -0.15) is 4.98 Å². The Balaban J connectivity index is 0.00000696. The zero-order chi connectivity index (χ0) is 40.2. The number of aryl methyl sites for hydroxylation is 3. The first-order valence-electron chi connectivity index (χ1n) is 18.8. The quantitative estimate of drug-likeness (QED) is 0.0881. The van der Waals surface area contributed by atoms with Crippen LogP contribution in [0.1, 0.15) is 106 Å². The second-order valence-corrected chi connectivity index (χ2v) is 18.0. The van der Waals surface area contributed by atoms with Gasteiger partial charge in [-0.3, -0.25) is 4.98 Å². The van der Waals surface area contributed by atoms with E-state index in [2.05, 4.69) is 80.2 Å². The summed E-state index contributed by atoms with van der Waals surface area (Å²) in [6, 6.07) is 13.2. The van der Waals surface area contributed by atoms with Gasteiger partial charge in [-0.05, 0) is 85.8 Å². The van der Waals surface area contributed by atoms with Crippen molar-refractivity contribution in [1.29, 1.82) is 0 Å². The Bertz CT molecular complexity index is 2280. The third kappa shape index (κ3) is 10.8. The minimum atomic E-state index is -4.28. The largest absolute Gasteiger partial charge is 0.478 e. The van der Waals surface area contributed by atoms with Crippen molar-refractivity contribution in [1.82, 2.24) is 29.8 Å². The summed E-state index contributed by atoms with van der Waals surface area (Å²) in [4.78, 5) is 30.5. The highest BCUT2D eigenvalue weighted by molar-refractivity contribution is 7.92. The summed E-state index contributed by atoms with van der Waals surface area (Å²) in [7, 11) is -2.26. The van der Waals surface area contributed by atoms with E-state index in [1.54, 1.807) is 6.20 Å². The van der Waals surface area contributed by atoms with Gasteiger partial charge >= 0.3 is 5.97 Å². The van der Waals surface area contributed by atoms with Crippen LogP contribution < -0.4 is 14.8 Å². The molecule has 0 aliphatic rings. The molecule has 5 aromatic rings. The van der Waals surface area contributed by atoms with E-state index in [1.165, 1.54) is 23.9 Å². The highest BCUT2D eigenvalue weighted by atomic mass is 35.5. The number of benzene rings is 2. The van der Waals surface area contributed by atoms with Crippen LogP contribution in [0.5, 0.6) is 5.88 Å². The van der Waals surface area contributed by atoms with Crippen LogP contribution in [0.3, 0.4) is 0 Å². The topological polar surface area (TPSA) is 161 Å². The van der Waals surface area contributed by atoms with E-state index >= 15 is 0 Å². The Morgan fingerprint density at radius 3 is 2.38 bits per heavy atom.